The molecule has 0 saturated carbocycles. The van der Waals surface area contributed by atoms with Crippen LogP contribution in [0, 0.1) is 0 Å². The van der Waals surface area contributed by atoms with E-state index in [2.05, 4.69) is 11.9 Å². The normalized spacial score (nSPS) is 10.9. The summed E-state index contributed by atoms with van der Waals surface area (Å²) < 4.78 is 0. The highest BCUT2D eigenvalue weighted by Gasteiger charge is 1.95. The molecule has 1 N–H and O–H groups in total. The van der Waals surface area contributed by atoms with E-state index >= 15 is 0 Å². The van der Waals surface area contributed by atoms with Gasteiger partial charge in [-0.1, -0.05) is 29.9 Å². The molecular formula is C12H19NO. The van der Waals surface area contributed by atoms with Crippen LogP contribution >= 0.6 is 0 Å². The molecule has 0 bridgehead atoms. The van der Waals surface area contributed by atoms with Crippen LogP contribution in [0.15, 0.2) is 35.5 Å². The van der Waals surface area contributed by atoms with E-state index in [9.17, 15) is 4.79 Å². The van der Waals surface area contributed by atoms with Crippen molar-refractivity contribution >= 4 is 6.29 Å². The molecule has 0 amide bonds. The molecule has 14 heavy (non-hydrogen) atoms. The molecule has 0 saturated heterocycles. The minimum absolute atomic E-state index is 0.388. The van der Waals surface area contributed by atoms with E-state index in [4.69, 9.17) is 0 Å². The first-order chi connectivity index (χ1) is 6.57. The summed E-state index contributed by atoms with van der Waals surface area (Å²) >= 11 is 0. The molecule has 0 aromatic rings. The van der Waals surface area contributed by atoms with Crippen molar-refractivity contribution in [2.75, 3.05) is 13.1 Å². The summed E-state index contributed by atoms with van der Waals surface area (Å²) in [6.45, 7) is 11.0. The highest BCUT2D eigenvalue weighted by Crippen LogP contribution is 2.06. The van der Waals surface area contributed by atoms with E-state index in [1.165, 1.54) is 5.57 Å². The zero-order valence-corrected chi connectivity index (χ0v) is 9.26. The van der Waals surface area contributed by atoms with Gasteiger partial charge in [-0.2, -0.15) is 0 Å². The fraction of sp³-hybridized carbons (Fsp3) is 0.417. The summed E-state index contributed by atoms with van der Waals surface area (Å²) in [7, 11) is 0. The predicted octanol–water partition coefficient (Wildman–Crippen LogP) is 2.24. The number of carbonyl (C=O) groups is 1. The Hall–Kier alpha value is -1.15. The van der Waals surface area contributed by atoms with Crippen LogP contribution in [-0.2, 0) is 4.79 Å². The fourth-order valence-corrected chi connectivity index (χ4v) is 0.885. The Kier molecular flexibility index (Phi) is 6.68. The van der Waals surface area contributed by atoms with Crippen LogP contribution in [0.2, 0.25) is 0 Å². The van der Waals surface area contributed by atoms with Crippen molar-refractivity contribution in [2.45, 2.75) is 20.8 Å². The number of nitrogens with one attached hydrogen (secondary N) is 1. The van der Waals surface area contributed by atoms with Crippen molar-refractivity contribution in [1.82, 2.24) is 5.32 Å². The van der Waals surface area contributed by atoms with Crippen LogP contribution in [0.4, 0.5) is 0 Å². The number of rotatable bonds is 6. The Morgan fingerprint density at radius 1 is 1.29 bits per heavy atom. The molecule has 2 heteroatoms. The summed E-state index contributed by atoms with van der Waals surface area (Å²) in [6.07, 6.45) is 4.94. The molecule has 0 heterocycles. The molecule has 0 aromatic carbocycles. The minimum atomic E-state index is 0.388. The molecular weight excluding hydrogens is 174 g/mol. The van der Waals surface area contributed by atoms with Gasteiger partial charge in [-0.3, -0.25) is 0 Å². The molecule has 0 aliphatic rings. The third kappa shape index (κ3) is 6.38. The highest BCUT2D eigenvalue weighted by molar-refractivity contribution is 5.52. The maximum Gasteiger partial charge on any atom is 0.133 e. The fourth-order valence-electron chi connectivity index (χ4n) is 0.885. The lowest BCUT2D eigenvalue weighted by Gasteiger charge is -2.05. The van der Waals surface area contributed by atoms with Crippen molar-refractivity contribution in [2.24, 2.45) is 0 Å². The van der Waals surface area contributed by atoms with E-state index in [1.807, 2.05) is 32.9 Å². The number of hydrogen-bond donors (Lipinski definition) is 1. The van der Waals surface area contributed by atoms with Gasteiger partial charge in [0.05, 0.1) is 6.54 Å². The average molecular weight is 193 g/mol. The standard InChI is InChI=1S/C12H19NO/c1-10(2)5-6-12(11(3)4)9-13-7-8-14/h5-6,8,13H,3,7,9H2,1-2,4H3/b12-6-. The molecule has 0 spiro atoms. The summed E-state index contributed by atoms with van der Waals surface area (Å²) in [4.78, 5) is 10.1. The largest absolute Gasteiger partial charge is 0.306 e. The highest BCUT2D eigenvalue weighted by atomic mass is 16.1. The first kappa shape index (κ1) is 12.8. The Balaban J connectivity index is 4.29. The molecule has 0 aliphatic heterocycles. The quantitative estimate of drug-likeness (QED) is 0.398. The van der Waals surface area contributed by atoms with E-state index < -0.39 is 0 Å². The summed E-state index contributed by atoms with van der Waals surface area (Å²) in [5, 5.41) is 3.01. The van der Waals surface area contributed by atoms with Crippen LogP contribution in [0.1, 0.15) is 20.8 Å². The Morgan fingerprint density at radius 2 is 1.93 bits per heavy atom. The monoisotopic (exact) mass is 193 g/mol. The summed E-state index contributed by atoms with van der Waals surface area (Å²) in [6, 6.07) is 0. The SMILES string of the molecule is C=C(C)/C(=C\C=C(C)C)CNCC=O. The van der Waals surface area contributed by atoms with Crippen molar-refractivity contribution < 1.29 is 4.79 Å². The third-order valence-electron chi connectivity index (χ3n) is 1.71. The predicted molar refractivity (Wildman–Crippen MR) is 61.3 cm³/mol. The summed E-state index contributed by atoms with van der Waals surface area (Å²) in [5.41, 5.74) is 3.41. The van der Waals surface area contributed by atoms with E-state index in [1.54, 1.807) is 0 Å². The lowest BCUT2D eigenvalue weighted by molar-refractivity contribution is -0.107. The van der Waals surface area contributed by atoms with Crippen molar-refractivity contribution in [3.05, 3.63) is 35.5 Å². The van der Waals surface area contributed by atoms with Gasteiger partial charge < -0.3 is 10.1 Å². The van der Waals surface area contributed by atoms with E-state index in [0.29, 0.717) is 13.1 Å². The molecule has 0 radical (unpaired) electrons. The maximum absolute atomic E-state index is 10.1. The lowest BCUT2D eigenvalue weighted by atomic mass is 10.1. The van der Waals surface area contributed by atoms with Gasteiger partial charge in [-0.15, -0.1) is 0 Å². The van der Waals surface area contributed by atoms with Crippen molar-refractivity contribution in [3.63, 3.8) is 0 Å². The third-order valence-corrected chi connectivity index (χ3v) is 1.71. The number of carbonyl (C=O) groups excluding carboxylic acids is 1. The number of allylic oxidation sites excluding steroid dienone is 3. The topological polar surface area (TPSA) is 29.1 Å². The van der Waals surface area contributed by atoms with Crippen LogP contribution in [0.3, 0.4) is 0 Å². The molecule has 78 valence electrons. The molecule has 0 atom stereocenters. The van der Waals surface area contributed by atoms with Gasteiger partial charge in [0.25, 0.3) is 0 Å². The Labute approximate surface area is 86.4 Å². The second-order valence-electron chi connectivity index (χ2n) is 3.51. The van der Waals surface area contributed by atoms with Gasteiger partial charge in [0, 0.05) is 6.54 Å². The van der Waals surface area contributed by atoms with Gasteiger partial charge in [0.15, 0.2) is 0 Å². The second-order valence-corrected chi connectivity index (χ2v) is 3.51. The smallest absolute Gasteiger partial charge is 0.133 e. The number of hydrogen-bond acceptors (Lipinski definition) is 2. The minimum Gasteiger partial charge on any atom is -0.306 e. The van der Waals surface area contributed by atoms with Crippen molar-refractivity contribution in [1.29, 1.82) is 0 Å². The molecule has 2 nitrogen and oxygen atoms in total. The average Bonchev–Trinajstić information content (AvgIpc) is 2.10. The summed E-state index contributed by atoms with van der Waals surface area (Å²) in [5.74, 6) is 0. The molecule has 0 rings (SSSR count). The Morgan fingerprint density at radius 3 is 2.36 bits per heavy atom. The van der Waals surface area contributed by atoms with Crippen molar-refractivity contribution in [3.8, 4) is 0 Å². The second kappa shape index (κ2) is 7.27. The maximum atomic E-state index is 10.1. The van der Waals surface area contributed by atoms with Gasteiger partial charge in [0.1, 0.15) is 6.29 Å². The van der Waals surface area contributed by atoms with Gasteiger partial charge in [0.2, 0.25) is 0 Å². The van der Waals surface area contributed by atoms with Gasteiger partial charge in [-0.25, -0.2) is 0 Å². The zero-order chi connectivity index (χ0) is 11.0. The van der Waals surface area contributed by atoms with Crippen LogP contribution in [-0.4, -0.2) is 19.4 Å². The molecule has 0 fully saturated rings. The van der Waals surface area contributed by atoms with E-state index in [0.717, 1.165) is 17.4 Å². The number of aldehydes is 1. The van der Waals surface area contributed by atoms with E-state index in [-0.39, 0.29) is 0 Å². The molecule has 0 aromatic heterocycles. The van der Waals surface area contributed by atoms with Crippen LogP contribution < -0.4 is 5.32 Å². The zero-order valence-electron chi connectivity index (χ0n) is 9.26. The Bertz CT molecular complexity index is 257. The first-order valence-corrected chi connectivity index (χ1v) is 4.72. The first-order valence-electron chi connectivity index (χ1n) is 4.72. The van der Waals surface area contributed by atoms with Crippen LogP contribution in [0.5, 0.6) is 0 Å². The van der Waals surface area contributed by atoms with Gasteiger partial charge in [-0.05, 0) is 26.3 Å². The van der Waals surface area contributed by atoms with Gasteiger partial charge >= 0.3 is 0 Å². The molecule has 0 unspecified atom stereocenters. The molecule has 0 aliphatic carbocycles. The van der Waals surface area contributed by atoms with Crippen LogP contribution in [0.25, 0.3) is 0 Å². The lowest BCUT2D eigenvalue weighted by Crippen LogP contribution is -2.19.